The van der Waals surface area contributed by atoms with Crippen molar-refractivity contribution in [3.63, 3.8) is 0 Å². The Hall–Kier alpha value is -2.54. The van der Waals surface area contributed by atoms with E-state index in [0.29, 0.717) is 24.7 Å². The predicted octanol–water partition coefficient (Wildman–Crippen LogP) is 0.911. The van der Waals surface area contributed by atoms with Crippen LogP contribution < -0.4 is 0 Å². The number of aromatic nitrogens is 5. The van der Waals surface area contributed by atoms with E-state index in [-0.39, 0.29) is 6.61 Å². The minimum atomic E-state index is 0.0546. The quantitative estimate of drug-likeness (QED) is 0.742. The fraction of sp³-hybridized carbons (Fsp3) is 0.231. The van der Waals surface area contributed by atoms with Gasteiger partial charge in [-0.1, -0.05) is 28.6 Å². The van der Waals surface area contributed by atoms with Crippen molar-refractivity contribution >= 4 is 0 Å². The van der Waals surface area contributed by atoms with Crippen molar-refractivity contribution in [2.24, 2.45) is 0 Å². The Morgan fingerprint density at radius 2 is 2.05 bits per heavy atom. The summed E-state index contributed by atoms with van der Waals surface area (Å²) in [5.74, 6) is 1.01. The van der Waals surface area contributed by atoms with E-state index in [2.05, 4.69) is 20.5 Å². The van der Waals surface area contributed by atoms with Gasteiger partial charge in [-0.05, 0) is 12.1 Å². The van der Waals surface area contributed by atoms with Crippen LogP contribution in [0.1, 0.15) is 11.5 Å². The summed E-state index contributed by atoms with van der Waals surface area (Å²) < 4.78 is 6.83. The monoisotopic (exact) mass is 271 g/mol. The lowest BCUT2D eigenvalue weighted by Crippen LogP contribution is -2.02. The van der Waals surface area contributed by atoms with Crippen LogP contribution in [0.3, 0.4) is 0 Å². The normalized spacial score (nSPS) is 10.8. The molecule has 0 radical (unpaired) electrons. The Morgan fingerprint density at radius 1 is 1.20 bits per heavy atom. The Labute approximate surface area is 114 Å². The van der Waals surface area contributed by atoms with Crippen molar-refractivity contribution in [2.45, 2.75) is 13.0 Å². The van der Waals surface area contributed by atoms with Gasteiger partial charge in [0.25, 0.3) is 5.89 Å². The fourth-order valence-corrected chi connectivity index (χ4v) is 1.81. The summed E-state index contributed by atoms with van der Waals surface area (Å²) in [7, 11) is 0. The average molecular weight is 271 g/mol. The third-order valence-electron chi connectivity index (χ3n) is 2.75. The lowest BCUT2D eigenvalue weighted by molar-refractivity contribution is 0.298. The van der Waals surface area contributed by atoms with Crippen molar-refractivity contribution in [2.75, 3.05) is 6.61 Å². The topological polar surface area (TPSA) is 89.9 Å². The first-order chi connectivity index (χ1) is 9.85. The summed E-state index contributed by atoms with van der Waals surface area (Å²) in [4.78, 5) is 4.32. The van der Waals surface area contributed by atoms with Gasteiger partial charge in [-0.15, -0.1) is 5.10 Å². The number of hydrogen-bond donors (Lipinski definition) is 1. The maximum atomic E-state index is 8.83. The molecule has 0 bridgehead atoms. The van der Waals surface area contributed by atoms with Crippen LogP contribution in [0.15, 0.2) is 41.1 Å². The van der Waals surface area contributed by atoms with E-state index < -0.39 is 0 Å². The molecule has 0 spiro atoms. The average Bonchev–Trinajstić information content (AvgIpc) is 3.11. The molecule has 0 aliphatic rings. The largest absolute Gasteiger partial charge is 0.396 e. The predicted molar refractivity (Wildman–Crippen MR) is 69.6 cm³/mol. The zero-order valence-electron chi connectivity index (χ0n) is 10.7. The zero-order chi connectivity index (χ0) is 13.8. The number of aliphatic hydroxyl groups excluding tert-OH is 1. The summed E-state index contributed by atoms with van der Waals surface area (Å²) in [6.45, 7) is 0.438. The highest BCUT2D eigenvalue weighted by molar-refractivity contribution is 5.51. The lowest BCUT2D eigenvalue weighted by Gasteiger charge is -1.93. The second-order valence-corrected chi connectivity index (χ2v) is 4.26. The van der Waals surface area contributed by atoms with Crippen LogP contribution in [0.25, 0.3) is 11.5 Å². The molecule has 2 heterocycles. The Balaban J connectivity index is 1.73. The van der Waals surface area contributed by atoms with Crippen LogP contribution in [-0.4, -0.2) is 36.8 Å². The minimum Gasteiger partial charge on any atom is -0.396 e. The second-order valence-electron chi connectivity index (χ2n) is 4.26. The summed E-state index contributed by atoms with van der Waals surface area (Å²) in [5, 5.41) is 20.6. The molecule has 0 fully saturated rings. The number of rotatable bonds is 5. The highest BCUT2D eigenvalue weighted by Gasteiger charge is 2.09. The van der Waals surface area contributed by atoms with Crippen LogP contribution in [0, 0.1) is 0 Å². The van der Waals surface area contributed by atoms with E-state index in [9.17, 15) is 0 Å². The summed E-state index contributed by atoms with van der Waals surface area (Å²) >= 11 is 0. The van der Waals surface area contributed by atoms with Gasteiger partial charge in [-0.25, -0.2) is 4.68 Å². The lowest BCUT2D eigenvalue weighted by atomic mass is 10.2. The van der Waals surface area contributed by atoms with Gasteiger partial charge in [0, 0.05) is 24.8 Å². The second kappa shape index (κ2) is 5.62. The molecule has 2 aromatic heterocycles. The SMILES string of the molecule is OCCc1cn(Cc2noc(-c3ccccc3)n2)nn1. The van der Waals surface area contributed by atoms with Crippen molar-refractivity contribution < 1.29 is 9.63 Å². The van der Waals surface area contributed by atoms with Crippen molar-refractivity contribution in [1.29, 1.82) is 0 Å². The number of aliphatic hydroxyl groups is 1. The Kier molecular flexibility index (Phi) is 3.51. The number of nitrogens with zero attached hydrogens (tertiary/aromatic N) is 5. The first-order valence-electron chi connectivity index (χ1n) is 6.23. The highest BCUT2D eigenvalue weighted by atomic mass is 16.5. The molecule has 1 aromatic carbocycles. The Bertz CT molecular complexity index is 677. The van der Waals surface area contributed by atoms with Gasteiger partial charge in [-0.2, -0.15) is 4.98 Å². The molecule has 0 saturated heterocycles. The number of hydrogen-bond acceptors (Lipinski definition) is 6. The van der Waals surface area contributed by atoms with Crippen LogP contribution in [-0.2, 0) is 13.0 Å². The molecule has 0 amide bonds. The molecule has 3 aromatic rings. The van der Waals surface area contributed by atoms with Crippen molar-refractivity contribution in [1.82, 2.24) is 25.1 Å². The van der Waals surface area contributed by atoms with Gasteiger partial charge >= 0.3 is 0 Å². The maximum Gasteiger partial charge on any atom is 0.257 e. The summed E-state index contributed by atoms with van der Waals surface area (Å²) in [6.07, 6.45) is 2.25. The van der Waals surface area contributed by atoms with E-state index >= 15 is 0 Å². The third-order valence-corrected chi connectivity index (χ3v) is 2.75. The molecular weight excluding hydrogens is 258 g/mol. The first-order valence-corrected chi connectivity index (χ1v) is 6.23. The third kappa shape index (κ3) is 2.72. The van der Waals surface area contributed by atoms with Crippen molar-refractivity contribution in [3.8, 4) is 11.5 Å². The van der Waals surface area contributed by atoms with E-state index in [4.69, 9.17) is 9.63 Å². The summed E-state index contributed by atoms with van der Waals surface area (Å²) in [6, 6.07) is 9.58. The molecule has 7 heteroatoms. The molecule has 0 aliphatic heterocycles. The minimum absolute atomic E-state index is 0.0546. The maximum absolute atomic E-state index is 8.83. The molecule has 20 heavy (non-hydrogen) atoms. The van der Waals surface area contributed by atoms with Gasteiger partial charge in [-0.3, -0.25) is 0 Å². The van der Waals surface area contributed by atoms with Crippen LogP contribution in [0.5, 0.6) is 0 Å². The van der Waals surface area contributed by atoms with E-state index in [0.717, 1.165) is 11.3 Å². The molecule has 0 atom stereocenters. The fourth-order valence-electron chi connectivity index (χ4n) is 1.81. The van der Waals surface area contributed by atoms with Crippen molar-refractivity contribution in [3.05, 3.63) is 48.0 Å². The van der Waals surface area contributed by atoms with Gasteiger partial charge < -0.3 is 9.63 Å². The standard InChI is InChI=1S/C13H13N5O2/c19-7-6-11-8-18(17-15-11)9-12-14-13(20-16-12)10-4-2-1-3-5-10/h1-5,8,19H,6-7,9H2. The number of benzene rings is 1. The molecule has 0 saturated carbocycles. The molecule has 0 unspecified atom stereocenters. The first kappa shape index (κ1) is 12.5. The van der Waals surface area contributed by atoms with Crippen LogP contribution in [0.4, 0.5) is 0 Å². The van der Waals surface area contributed by atoms with E-state index in [1.807, 2.05) is 30.3 Å². The van der Waals surface area contributed by atoms with Gasteiger partial charge in [0.1, 0.15) is 6.54 Å². The Morgan fingerprint density at radius 3 is 2.85 bits per heavy atom. The van der Waals surface area contributed by atoms with Crippen LogP contribution >= 0.6 is 0 Å². The van der Waals surface area contributed by atoms with Gasteiger partial charge in [0.2, 0.25) is 0 Å². The molecule has 0 aliphatic carbocycles. The van der Waals surface area contributed by atoms with E-state index in [1.54, 1.807) is 10.9 Å². The zero-order valence-corrected chi connectivity index (χ0v) is 10.7. The molecule has 102 valence electrons. The molecule has 1 N–H and O–H groups in total. The molecular formula is C13H13N5O2. The van der Waals surface area contributed by atoms with Crippen LogP contribution in [0.2, 0.25) is 0 Å². The molecule has 7 nitrogen and oxygen atoms in total. The van der Waals surface area contributed by atoms with Gasteiger partial charge in [0.05, 0.1) is 5.69 Å². The highest BCUT2D eigenvalue weighted by Crippen LogP contribution is 2.16. The van der Waals surface area contributed by atoms with E-state index in [1.165, 1.54) is 0 Å². The smallest absolute Gasteiger partial charge is 0.257 e. The summed E-state index contributed by atoms with van der Waals surface area (Å²) in [5.41, 5.74) is 1.62. The van der Waals surface area contributed by atoms with Gasteiger partial charge in [0.15, 0.2) is 5.82 Å². The molecule has 3 rings (SSSR count).